The summed E-state index contributed by atoms with van der Waals surface area (Å²) in [6, 6.07) is 7.28. The van der Waals surface area contributed by atoms with Crippen LogP contribution in [0.1, 0.15) is 38.2 Å². The molecule has 21 heavy (non-hydrogen) atoms. The zero-order valence-corrected chi connectivity index (χ0v) is 13.0. The van der Waals surface area contributed by atoms with Gasteiger partial charge in [-0.1, -0.05) is 43.5 Å². The Morgan fingerprint density at radius 2 is 1.81 bits per heavy atom. The number of amides is 2. The van der Waals surface area contributed by atoms with Crippen LogP contribution in [0.2, 0.25) is 5.02 Å². The van der Waals surface area contributed by atoms with E-state index in [9.17, 15) is 9.59 Å². The molecule has 4 nitrogen and oxygen atoms in total. The second-order valence-corrected chi connectivity index (χ2v) is 6.09. The van der Waals surface area contributed by atoms with Crippen LogP contribution < -0.4 is 10.6 Å². The van der Waals surface area contributed by atoms with Crippen molar-refractivity contribution in [2.75, 3.05) is 0 Å². The van der Waals surface area contributed by atoms with Gasteiger partial charge in [-0.2, -0.15) is 0 Å². The minimum absolute atomic E-state index is 0.118. The van der Waals surface area contributed by atoms with E-state index in [2.05, 4.69) is 17.6 Å². The zero-order chi connectivity index (χ0) is 15.2. The second kappa shape index (κ2) is 7.46. The van der Waals surface area contributed by atoms with Crippen LogP contribution in [0.4, 0.5) is 0 Å². The van der Waals surface area contributed by atoms with E-state index in [0.29, 0.717) is 17.5 Å². The number of benzene rings is 1. The molecule has 0 unspecified atom stereocenters. The standard InChI is InChI=1S/C16H21ClN2O2/c1-11-4-2-3-5-14(11)19-16(21)15(20)18-10-12-6-8-13(17)9-7-12/h6-9,11,14H,2-5,10H2,1H3,(H,18,20)(H,19,21)/t11-,14-/m1/s1. The quantitative estimate of drug-likeness (QED) is 0.843. The molecule has 1 aromatic carbocycles. The fourth-order valence-corrected chi connectivity index (χ4v) is 2.76. The Kier molecular flexibility index (Phi) is 5.62. The SMILES string of the molecule is C[C@@H]1CCCC[C@H]1NC(=O)C(=O)NCc1ccc(Cl)cc1. The highest BCUT2D eigenvalue weighted by Gasteiger charge is 2.25. The summed E-state index contributed by atoms with van der Waals surface area (Å²) >= 11 is 5.80. The molecule has 1 aliphatic carbocycles. The van der Waals surface area contributed by atoms with Crippen molar-refractivity contribution in [3.63, 3.8) is 0 Å². The Morgan fingerprint density at radius 1 is 1.14 bits per heavy atom. The third-order valence-corrected chi connectivity index (χ3v) is 4.25. The largest absolute Gasteiger partial charge is 0.345 e. The first-order valence-electron chi connectivity index (χ1n) is 7.39. The van der Waals surface area contributed by atoms with Crippen LogP contribution in [0.3, 0.4) is 0 Å². The van der Waals surface area contributed by atoms with E-state index >= 15 is 0 Å². The molecule has 0 heterocycles. The highest BCUT2D eigenvalue weighted by molar-refractivity contribution is 6.35. The van der Waals surface area contributed by atoms with E-state index in [0.717, 1.165) is 24.8 Å². The molecule has 0 spiro atoms. The lowest BCUT2D eigenvalue weighted by atomic mass is 9.86. The van der Waals surface area contributed by atoms with Gasteiger partial charge in [0.1, 0.15) is 0 Å². The van der Waals surface area contributed by atoms with Crippen LogP contribution in [-0.4, -0.2) is 17.9 Å². The normalized spacial score (nSPS) is 21.6. The maximum absolute atomic E-state index is 11.9. The highest BCUT2D eigenvalue weighted by atomic mass is 35.5. The first kappa shape index (κ1) is 15.8. The molecule has 1 aliphatic rings. The number of carbonyl (C=O) groups excluding carboxylic acids is 2. The number of hydrogen-bond donors (Lipinski definition) is 2. The molecular weight excluding hydrogens is 288 g/mol. The van der Waals surface area contributed by atoms with Crippen LogP contribution in [-0.2, 0) is 16.1 Å². The van der Waals surface area contributed by atoms with Gasteiger partial charge in [0.25, 0.3) is 0 Å². The maximum Gasteiger partial charge on any atom is 0.309 e. The van der Waals surface area contributed by atoms with E-state index in [1.165, 1.54) is 6.42 Å². The van der Waals surface area contributed by atoms with E-state index in [1.807, 2.05) is 12.1 Å². The summed E-state index contributed by atoms with van der Waals surface area (Å²) in [4.78, 5) is 23.7. The van der Waals surface area contributed by atoms with Crippen molar-refractivity contribution in [3.05, 3.63) is 34.9 Å². The van der Waals surface area contributed by atoms with Crippen LogP contribution in [0.15, 0.2) is 24.3 Å². The molecule has 1 saturated carbocycles. The molecule has 0 radical (unpaired) electrons. The van der Waals surface area contributed by atoms with Crippen LogP contribution in [0.25, 0.3) is 0 Å². The summed E-state index contributed by atoms with van der Waals surface area (Å²) in [6.45, 7) is 2.44. The van der Waals surface area contributed by atoms with Gasteiger partial charge in [0, 0.05) is 17.6 Å². The molecule has 0 aliphatic heterocycles. The van der Waals surface area contributed by atoms with Crippen LogP contribution in [0, 0.1) is 5.92 Å². The van der Waals surface area contributed by atoms with Gasteiger partial charge >= 0.3 is 11.8 Å². The van der Waals surface area contributed by atoms with Gasteiger partial charge in [-0.05, 0) is 36.5 Å². The van der Waals surface area contributed by atoms with Gasteiger partial charge in [0.15, 0.2) is 0 Å². The lowest BCUT2D eigenvalue weighted by Crippen LogP contribution is -2.47. The van der Waals surface area contributed by atoms with E-state index in [-0.39, 0.29) is 6.04 Å². The van der Waals surface area contributed by atoms with Crippen molar-refractivity contribution in [2.45, 2.75) is 45.2 Å². The highest BCUT2D eigenvalue weighted by Crippen LogP contribution is 2.23. The fourth-order valence-electron chi connectivity index (χ4n) is 2.63. The smallest absolute Gasteiger partial charge is 0.309 e. The number of hydrogen-bond acceptors (Lipinski definition) is 2. The Hall–Kier alpha value is -1.55. The van der Waals surface area contributed by atoms with E-state index in [1.54, 1.807) is 12.1 Å². The minimum Gasteiger partial charge on any atom is -0.345 e. The average molecular weight is 309 g/mol. The monoisotopic (exact) mass is 308 g/mol. The van der Waals surface area contributed by atoms with Gasteiger partial charge in [0.05, 0.1) is 0 Å². The fraction of sp³-hybridized carbons (Fsp3) is 0.500. The number of halogens is 1. The number of rotatable bonds is 3. The third-order valence-electron chi connectivity index (χ3n) is 4.00. The number of carbonyl (C=O) groups is 2. The van der Waals surface area contributed by atoms with Crippen molar-refractivity contribution >= 4 is 23.4 Å². The summed E-state index contributed by atoms with van der Waals surface area (Å²) in [5.41, 5.74) is 0.909. The summed E-state index contributed by atoms with van der Waals surface area (Å²) in [6.07, 6.45) is 4.38. The molecule has 0 saturated heterocycles. The first-order valence-corrected chi connectivity index (χ1v) is 7.77. The van der Waals surface area contributed by atoms with E-state index in [4.69, 9.17) is 11.6 Å². The Morgan fingerprint density at radius 3 is 2.48 bits per heavy atom. The summed E-state index contributed by atoms with van der Waals surface area (Å²) in [5, 5.41) is 6.12. The predicted molar refractivity (Wildman–Crippen MR) is 82.9 cm³/mol. The second-order valence-electron chi connectivity index (χ2n) is 5.65. The molecule has 1 aromatic rings. The van der Waals surface area contributed by atoms with Gasteiger partial charge in [-0.25, -0.2) is 0 Å². The molecule has 1 fully saturated rings. The molecule has 0 bridgehead atoms. The molecule has 5 heteroatoms. The maximum atomic E-state index is 11.9. The third kappa shape index (κ3) is 4.74. The van der Waals surface area contributed by atoms with Crippen LogP contribution >= 0.6 is 11.6 Å². The average Bonchev–Trinajstić information content (AvgIpc) is 2.48. The summed E-state index contributed by atoms with van der Waals surface area (Å²) in [5.74, 6) is -0.683. The summed E-state index contributed by atoms with van der Waals surface area (Å²) in [7, 11) is 0. The van der Waals surface area contributed by atoms with Gasteiger partial charge in [0.2, 0.25) is 0 Å². The molecule has 2 amide bonds. The lowest BCUT2D eigenvalue weighted by molar-refractivity contribution is -0.140. The molecule has 2 atom stereocenters. The van der Waals surface area contributed by atoms with Gasteiger partial charge in [-0.15, -0.1) is 0 Å². The van der Waals surface area contributed by atoms with Gasteiger partial charge in [-0.3, -0.25) is 9.59 Å². The summed E-state index contributed by atoms with van der Waals surface area (Å²) < 4.78 is 0. The van der Waals surface area contributed by atoms with Crippen molar-refractivity contribution < 1.29 is 9.59 Å². The number of nitrogens with one attached hydrogen (secondary N) is 2. The Labute approximate surface area is 130 Å². The molecule has 114 valence electrons. The van der Waals surface area contributed by atoms with Crippen molar-refractivity contribution in [1.82, 2.24) is 10.6 Å². The first-order chi connectivity index (χ1) is 10.1. The molecular formula is C16H21ClN2O2. The molecule has 0 aromatic heterocycles. The van der Waals surface area contributed by atoms with Crippen molar-refractivity contribution in [2.24, 2.45) is 5.92 Å². The Bertz CT molecular complexity index is 502. The molecule has 2 N–H and O–H groups in total. The molecule has 2 rings (SSSR count). The Balaban J connectivity index is 1.79. The van der Waals surface area contributed by atoms with Crippen molar-refractivity contribution in [3.8, 4) is 0 Å². The zero-order valence-electron chi connectivity index (χ0n) is 12.2. The predicted octanol–water partition coefficient (Wildman–Crippen LogP) is 2.65. The van der Waals surface area contributed by atoms with E-state index < -0.39 is 11.8 Å². The minimum atomic E-state index is -0.581. The topological polar surface area (TPSA) is 58.2 Å². The lowest BCUT2D eigenvalue weighted by Gasteiger charge is -2.29. The van der Waals surface area contributed by atoms with Crippen molar-refractivity contribution in [1.29, 1.82) is 0 Å². The van der Waals surface area contributed by atoms with Crippen LogP contribution in [0.5, 0.6) is 0 Å². The van der Waals surface area contributed by atoms with Gasteiger partial charge < -0.3 is 10.6 Å².